The molecule has 1 aliphatic carbocycles. The van der Waals surface area contributed by atoms with E-state index in [1.807, 2.05) is 0 Å². The molecule has 8 nitrogen and oxygen atoms in total. The minimum absolute atomic E-state index is 0.146. The van der Waals surface area contributed by atoms with Gasteiger partial charge in [-0.15, -0.1) is 11.3 Å². The maximum Gasteiger partial charge on any atom is 0.253 e. The Morgan fingerprint density at radius 2 is 2.26 bits per heavy atom. The summed E-state index contributed by atoms with van der Waals surface area (Å²) in [7, 11) is 0. The van der Waals surface area contributed by atoms with Crippen LogP contribution in [0.4, 0.5) is 5.00 Å². The van der Waals surface area contributed by atoms with Crippen LogP contribution < -0.4 is 21.7 Å². The third kappa shape index (κ3) is 4.73. The van der Waals surface area contributed by atoms with Gasteiger partial charge in [-0.3, -0.25) is 4.79 Å². The third-order valence-electron chi connectivity index (χ3n) is 6.90. The fraction of sp³-hybridized carbons (Fsp3) is 0.480. The van der Waals surface area contributed by atoms with Crippen LogP contribution in [0.3, 0.4) is 0 Å². The second-order valence-corrected chi connectivity index (χ2v) is 11.1. The summed E-state index contributed by atoms with van der Waals surface area (Å²) in [4.78, 5) is 28.7. The Morgan fingerprint density at radius 3 is 3.03 bits per heavy atom. The Labute approximate surface area is 203 Å². The molecule has 1 amide bonds. The minimum Gasteiger partial charge on any atom is -0.362 e. The number of rotatable bonds is 6. The van der Waals surface area contributed by atoms with E-state index >= 15 is 0 Å². The van der Waals surface area contributed by atoms with Crippen LogP contribution in [0.25, 0.3) is 21.9 Å². The van der Waals surface area contributed by atoms with Crippen LogP contribution >= 0.6 is 11.3 Å². The van der Waals surface area contributed by atoms with Gasteiger partial charge in [0.15, 0.2) is 11.5 Å². The predicted molar refractivity (Wildman–Crippen MR) is 138 cm³/mol. The standard InChI is InChI=1S/C25H33N7OS/c1-15-11-16(2)13-25(27,12-15)7-9-29-24(33)18-5-8-28-23-21(18)30-22(31-23)19-3-4-20(34-19)32-10-6-17(26)14-32/h3-5,8,16-17H,1,6-7,9-14,26-27H2,2H3,(H,29,33)(H,28,30,31). The molecule has 1 saturated heterocycles. The number of nitrogens with two attached hydrogens (primary N) is 2. The Hall–Kier alpha value is -2.75. The summed E-state index contributed by atoms with van der Waals surface area (Å²) in [5.41, 5.74) is 15.3. The zero-order valence-corrected chi connectivity index (χ0v) is 20.5. The molecule has 0 radical (unpaired) electrons. The first-order chi connectivity index (χ1) is 16.3. The van der Waals surface area contributed by atoms with Crippen LogP contribution in [0, 0.1) is 5.92 Å². The van der Waals surface area contributed by atoms with Crippen molar-refractivity contribution in [2.45, 2.75) is 50.6 Å². The number of H-pyrrole nitrogens is 1. The highest BCUT2D eigenvalue weighted by Gasteiger charge is 2.32. The predicted octanol–water partition coefficient (Wildman–Crippen LogP) is 3.42. The van der Waals surface area contributed by atoms with Gasteiger partial charge in [-0.25, -0.2) is 9.97 Å². The highest BCUT2D eigenvalue weighted by molar-refractivity contribution is 7.19. The maximum absolute atomic E-state index is 13.0. The van der Waals surface area contributed by atoms with Gasteiger partial charge in [0.1, 0.15) is 0 Å². The van der Waals surface area contributed by atoms with Gasteiger partial charge in [0.25, 0.3) is 5.91 Å². The molecule has 2 fully saturated rings. The van der Waals surface area contributed by atoms with Gasteiger partial charge < -0.3 is 26.7 Å². The Kier molecular flexibility index (Phi) is 6.18. The Morgan fingerprint density at radius 1 is 1.41 bits per heavy atom. The van der Waals surface area contributed by atoms with Crippen molar-refractivity contribution in [2.75, 3.05) is 24.5 Å². The molecular formula is C25H33N7OS. The van der Waals surface area contributed by atoms with Crippen molar-refractivity contribution in [3.05, 3.63) is 42.1 Å². The van der Waals surface area contributed by atoms with Crippen molar-refractivity contribution < 1.29 is 4.79 Å². The number of nitrogens with zero attached hydrogens (tertiary/aromatic N) is 3. The van der Waals surface area contributed by atoms with E-state index in [0.717, 1.165) is 55.9 Å². The molecule has 1 saturated carbocycles. The van der Waals surface area contributed by atoms with E-state index in [9.17, 15) is 4.79 Å². The van der Waals surface area contributed by atoms with Crippen LogP contribution in [-0.4, -0.2) is 52.1 Å². The van der Waals surface area contributed by atoms with Crippen LogP contribution in [0.2, 0.25) is 0 Å². The van der Waals surface area contributed by atoms with Crippen molar-refractivity contribution in [3.63, 3.8) is 0 Å². The Bertz CT molecular complexity index is 1220. The van der Waals surface area contributed by atoms with E-state index < -0.39 is 0 Å². The molecule has 3 atom stereocenters. The number of carbonyl (C=O) groups excluding carboxylic acids is 1. The molecule has 3 unspecified atom stereocenters. The molecule has 6 N–H and O–H groups in total. The van der Waals surface area contributed by atoms with Gasteiger partial charge in [-0.1, -0.05) is 19.1 Å². The van der Waals surface area contributed by atoms with Crippen LogP contribution in [0.5, 0.6) is 0 Å². The van der Waals surface area contributed by atoms with E-state index in [1.165, 1.54) is 10.6 Å². The van der Waals surface area contributed by atoms with Gasteiger partial charge in [0.05, 0.1) is 21.0 Å². The van der Waals surface area contributed by atoms with Gasteiger partial charge in [0.2, 0.25) is 0 Å². The number of aromatic amines is 1. The molecule has 5 rings (SSSR count). The average Bonchev–Trinajstić information content (AvgIpc) is 3.50. The zero-order valence-electron chi connectivity index (χ0n) is 19.6. The van der Waals surface area contributed by atoms with Crippen LogP contribution in [-0.2, 0) is 0 Å². The largest absolute Gasteiger partial charge is 0.362 e. The molecular weight excluding hydrogens is 446 g/mol. The van der Waals surface area contributed by atoms with E-state index in [-0.39, 0.29) is 17.5 Å². The number of fused-ring (bicyclic) bond motifs is 1. The maximum atomic E-state index is 13.0. The fourth-order valence-corrected chi connectivity index (χ4v) is 6.43. The smallest absolute Gasteiger partial charge is 0.253 e. The van der Waals surface area contributed by atoms with E-state index in [1.54, 1.807) is 23.6 Å². The van der Waals surface area contributed by atoms with Crippen LogP contribution in [0.1, 0.15) is 49.4 Å². The lowest BCUT2D eigenvalue weighted by Crippen LogP contribution is -2.47. The molecule has 2 aliphatic rings. The summed E-state index contributed by atoms with van der Waals surface area (Å²) in [6, 6.07) is 6.13. The lowest BCUT2D eigenvalue weighted by molar-refractivity contribution is 0.0950. The number of pyridine rings is 1. The number of nitrogens with one attached hydrogen (secondary N) is 2. The van der Waals surface area contributed by atoms with E-state index in [0.29, 0.717) is 29.2 Å². The van der Waals surface area contributed by atoms with Crippen molar-refractivity contribution in [3.8, 4) is 10.7 Å². The lowest BCUT2D eigenvalue weighted by atomic mass is 9.73. The summed E-state index contributed by atoms with van der Waals surface area (Å²) in [5.74, 6) is 1.11. The summed E-state index contributed by atoms with van der Waals surface area (Å²) in [6.45, 7) is 8.73. The number of thiophene rings is 1. The van der Waals surface area contributed by atoms with Crippen molar-refractivity contribution >= 4 is 33.4 Å². The topological polar surface area (TPSA) is 126 Å². The fourth-order valence-electron chi connectivity index (χ4n) is 5.44. The van der Waals surface area contributed by atoms with Crippen molar-refractivity contribution in [1.82, 2.24) is 20.3 Å². The summed E-state index contributed by atoms with van der Waals surface area (Å²) in [6.07, 6.45) is 6.19. The summed E-state index contributed by atoms with van der Waals surface area (Å²) < 4.78 is 0. The number of anilines is 1. The minimum atomic E-state index is -0.299. The normalized spacial score (nSPS) is 25.3. The first-order valence-corrected chi connectivity index (χ1v) is 12.8. The average molecular weight is 480 g/mol. The van der Waals surface area contributed by atoms with Gasteiger partial charge >= 0.3 is 0 Å². The van der Waals surface area contributed by atoms with Crippen LogP contribution in [0.15, 0.2) is 36.5 Å². The first-order valence-electron chi connectivity index (χ1n) is 12.0. The van der Waals surface area contributed by atoms with Gasteiger partial charge in [0, 0.05) is 37.4 Å². The molecule has 0 spiro atoms. The molecule has 1 aliphatic heterocycles. The molecule has 3 aromatic rings. The quantitative estimate of drug-likeness (QED) is 0.401. The summed E-state index contributed by atoms with van der Waals surface area (Å²) >= 11 is 1.67. The second kappa shape index (κ2) is 9.13. The number of hydrogen-bond acceptors (Lipinski definition) is 7. The third-order valence-corrected chi connectivity index (χ3v) is 8.05. The van der Waals surface area contributed by atoms with E-state index in [2.05, 4.69) is 50.8 Å². The molecule has 180 valence electrons. The molecule has 0 bridgehead atoms. The zero-order chi connectivity index (χ0) is 23.9. The summed E-state index contributed by atoms with van der Waals surface area (Å²) in [5, 5.41) is 4.23. The van der Waals surface area contributed by atoms with Gasteiger partial charge in [-0.2, -0.15) is 0 Å². The monoisotopic (exact) mass is 479 g/mol. The lowest BCUT2D eigenvalue weighted by Gasteiger charge is -2.38. The van der Waals surface area contributed by atoms with E-state index in [4.69, 9.17) is 11.5 Å². The number of aromatic nitrogens is 3. The molecule has 4 heterocycles. The molecule has 9 heteroatoms. The Balaban J connectivity index is 1.28. The van der Waals surface area contributed by atoms with Crippen molar-refractivity contribution in [1.29, 1.82) is 0 Å². The number of carbonyl (C=O) groups is 1. The number of imidazole rings is 1. The molecule has 3 aromatic heterocycles. The SMILES string of the molecule is C=C1CC(C)CC(N)(CCNC(=O)c2ccnc3nc(-c4ccc(N5CCC(N)C5)s4)[nH]c23)C1. The van der Waals surface area contributed by atoms with Crippen molar-refractivity contribution in [2.24, 2.45) is 17.4 Å². The number of hydrogen-bond donors (Lipinski definition) is 4. The van der Waals surface area contributed by atoms with Gasteiger partial charge in [-0.05, 0) is 56.2 Å². The highest BCUT2D eigenvalue weighted by atomic mass is 32.1. The number of amides is 1. The first kappa shape index (κ1) is 23.0. The molecule has 34 heavy (non-hydrogen) atoms. The highest BCUT2D eigenvalue weighted by Crippen LogP contribution is 2.36. The second-order valence-electron chi connectivity index (χ2n) is 10.1. The molecule has 0 aromatic carbocycles.